The number of ketones is 2. The molecular formula is C34H38ClNO6S. The molecule has 1 aliphatic heterocycles. The van der Waals surface area contributed by atoms with Crippen LogP contribution in [0.15, 0.2) is 76.5 Å². The number of nitrogens with one attached hydrogen (secondary N) is 1. The van der Waals surface area contributed by atoms with E-state index in [1.807, 2.05) is 6.07 Å². The van der Waals surface area contributed by atoms with Gasteiger partial charge in [0.1, 0.15) is 4.90 Å². The van der Waals surface area contributed by atoms with Crippen molar-refractivity contribution in [3.8, 4) is 11.5 Å². The van der Waals surface area contributed by atoms with Crippen molar-refractivity contribution < 1.29 is 26.9 Å². The van der Waals surface area contributed by atoms with Gasteiger partial charge >= 0.3 is 10.1 Å². The van der Waals surface area contributed by atoms with Crippen LogP contribution in [0.25, 0.3) is 0 Å². The fourth-order valence-electron chi connectivity index (χ4n) is 6.50. The van der Waals surface area contributed by atoms with Gasteiger partial charge in [0.2, 0.25) is 0 Å². The zero-order valence-electron chi connectivity index (χ0n) is 25.3. The molecule has 2 aliphatic carbocycles. The van der Waals surface area contributed by atoms with Crippen molar-refractivity contribution in [2.75, 3.05) is 6.61 Å². The summed E-state index contributed by atoms with van der Waals surface area (Å²) in [5.74, 6) is -0.346. The number of ether oxygens (including phenoxy) is 1. The second kappa shape index (κ2) is 11.3. The normalized spacial score (nSPS) is 19.9. The highest BCUT2D eigenvalue weighted by Crippen LogP contribution is 2.52. The second-order valence-corrected chi connectivity index (χ2v) is 15.1. The number of halogens is 1. The number of dihydropyridines is 1. The highest BCUT2D eigenvalue weighted by Gasteiger charge is 2.46. The summed E-state index contributed by atoms with van der Waals surface area (Å²) in [4.78, 5) is 27.5. The molecule has 0 saturated heterocycles. The Morgan fingerprint density at radius 1 is 0.953 bits per heavy atom. The van der Waals surface area contributed by atoms with Gasteiger partial charge in [-0.1, -0.05) is 51.4 Å². The summed E-state index contributed by atoms with van der Waals surface area (Å²) in [5.41, 5.74) is 3.65. The SMILES string of the molecule is C=CCc1cc(C2C3=C(CC(C)(C)CC3=O)NC3=C2C(=O)CC(C)(C)C3)cc(OCC)c1OS(=O)(=O)c1ccc(Cl)cc1. The first kappa shape index (κ1) is 31.1. The van der Waals surface area contributed by atoms with Crippen LogP contribution in [0.3, 0.4) is 0 Å². The van der Waals surface area contributed by atoms with E-state index in [1.165, 1.54) is 24.3 Å². The lowest BCUT2D eigenvalue weighted by Crippen LogP contribution is -2.42. The molecule has 1 heterocycles. The standard InChI is InChI=1S/C34H38ClNO6S/c1-7-9-20-14-21(15-28(41-8-2)32(20)42-43(39,40)23-12-10-22(35)11-13-23)29-30-24(16-33(3,4)18-26(30)37)36-25-17-34(5,6)19-27(38)31(25)29/h7,10-15,29,36H,1,8-9,16-19H2,2-6H3. The van der Waals surface area contributed by atoms with Crippen molar-refractivity contribution in [3.05, 3.63) is 87.7 Å². The van der Waals surface area contributed by atoms with Gasteiger partial charge < -0.3 is 14.2 Å². The Hall–Kier alpha value is -3.36. The predicted octanol–water partition coefficient (Wildman–Crippen LogP) is 7.21. The second-order valence-electron chi connectivity index (χ2n) is 13.1. The van der Waals surface area contributed by atoms with Crippen LogP contribution in [0.5, 0.6) is 11.5 Å². The molecule has 0 amide bonds. The van der Waals surface area contributed by atoms with Crippen molar-refractivity contribution in [2.45, 2.75) is 77.5 Å². The maximum absolute atomic E-state index is 13.8. The summed E-state index contributed by atoms with van der Waals surface area (Å²) in [7, 11) is -4.24. The monoisotopic (exact) mass is 623 g/mol. The molecule has 3 aliphatic rings. The molecule has 0 radical (unpaired) electrons. The number of hydrogen-bond donors (Lipinski definition) is 1. The van der Waals surface area contributed by atoms with E-state index in [4.69, 9.17) is 20.5 Å². The third-order valence-electron chi connectivity index (χ3n) is 8.17. The molecule has 5 rings (SSSR count). The third-order valence-corrected chi connectivity index (χ3v) is 9.65. The largest absolute Gasteiger partial charge is 0.490 e. The first-order chi connectivity index (χ1) is 20.1. The molecule has 0 aromatic heterocycles. The van der Waals surface area contributed by atoms with Gasteiger partial charge in [0.25, 0.3) is 0 Å². The van der Waals surface area contributed by atoms with Gasteiger partial charge in [-0.2, -0.15) is 8.42 Å². The molecule has 1 N–H and O–H groups in total. The van der Waals surface area contributed by atoms with E-state index in [-0.39, 0.29) is 51.8 Å². The summed E-state index contributed by atoms with van der Waals surface area (Å²) >= 11 is 5.97. The van der Waals surface area contributed by atoms with Gasteiger partial charge in [0, 0.05) is 51.9 Å². The van der Waals surface area contributed by atoms with E-state index in [9.17, 15) is 18.0 Å². The molecule has 0 bridgehead atoms. The van der Waals surface area contributed by atoms with E-state index in [0.29, 0.717) is 53.0 Å². The summed E-state index contributed by atoms with van der Waals surface area (Å²) < 4.78 is 38.4. The fraction of sp³-hybridized carbons (Fsp3) is 0.412. The molecule has 9 heteroatoms. The van der Waals surface area contributed by atoms with Gasteiger partial charge in [-0.25, -0.2) is 0 Å². The molecule has 2 aromatic rings. The molecule has 43 heavy (non-hydrogen) atoms. The third kappa shape index (κ3) is 6.18. The smallest absolute Gasteiger partial charge is 0.339 e. The minimum atomic E-state index is -4.24. The van der Waals surface area contributed by atoms with Crippen molar-refractivity contribution in [1.82, 2.24) is 5.32 Å². The number of Topliss-reactive ketones (excluding diaryl/α,β-unsaturated/α-hetero) is 2. The Labute approximate surface area is 259 Å². The summed E-state index contributed by atoms with van der Waals surface area (Å²) in [5, 5.41) is 3.93. The van der Waals surface area contributed by atoms with Gasteiger partial charge in [0.15, 0.2) is 23.1 Å². The summed E-state index contributed by atoms with van der Waals surface area (Å²) in [6.45, 7) is 14.2. The van der Waals surface area contributed by atoms with Crippen molar-refractivity contribution in [3.63, 3.8) is 0 Å². The van der Waals surface area contributed by atoms with Crippen LogP contribution in [0, 0.1) is 10.8 Å². The number of carbonyl (C=O) groups excluding carboxylic acids is 2. The molecule has 7 nitrogen and oxygen atoms in total. The van der Waals surface area contributed by atoms with Crippen molar-refractivity contribution in [1.29, 1.82) is 0 Å². The van der Waals surface area contributed by atoms with Crippen LogP contribution >= 0.6 is 11.6 Å². The van der Waals surface area contributed by atoms with Crippen LogP contribution in [-0.4, -0.2) is 26.6 Å². The highest BCUT2D eigenvalue weighted by molar-refractivity contribution is 7.87. The number of rotatable bonds is 8. The van der Waals surface area contributed by atoms with Crippen molar-refractivity contribution in [2.24, 2.45) is 10.8 Å². The van der Waals surface area contributed by atoms with E-state index in [0.717, 1.165) is 11.4 Å². The maximum atomic E-state index is 13.8. The van der Waals surface area contributed by atoms with Gasteiger partial charge in [-0.05, 0) is 72.9 Å². The molecule has 0 unspecified atom stereocenters. The number of allylic oxidation sites excluding steroid dienone is 5. The lowest BCUT2D eigenvalue weighted by molar-refractivity contribution is -0.119. The minimum absolute atomic E-state index is 0.00167. The van der Waals surface area contributed by atoms with E-state index in [1.54, 1.807) is 19.1 Å². The molecule has 0 fully saturated rings. The Morgan fingerprint density at radius 2 is 1.51 bits per heavy atom. The molecule has 2 aromatic carbocycles. The summed E-state index contributed by atoms with van der Waals surface area (Å²) in [6.07, 6.45) is 4.00. The Kier molecular flexibility index (Phi) is 8.16. The number of benzene rings is 2. The molecule has 228 valence electrons. The number of carbonyl (C=O) groups is 2. The summed E-state index contributed by atoms with van der Waals surface area (Å²) in [6, 6.07) is 9.25. The topological polar surface area (TPSA) is 98.8 Å². The Balaban J connectivity index is 1.71. The minimum Gasteiger partial charge on any atom is -0.490 e. The van der Waals surface area contributed by atoms with E-state index >= 15 is 0 Å². The molecule has 0 spiro atoms. The highest BCUT2D eigenvalue weighted by atomic mass is 35.5. The molecule has 0 saturated carbocycles. The quantitative estimate of drug-likeness (QED) is 0.245. The Morgan fingerprint density at radius 3 is 2.02 bits per heavy atom. The predicted molar refractivity (Wildman–Crippen MR) is 167 cm³/mol. The zero-order valence-corrected chi connectivity index (χ0v) is 26.9. The lowest BCUT2D eigenvalue weighted by atomic mass is 9.64. The maximum Gasteiger partial charge on any atom is 0.339 e. The Bertz CT molecular complexity index is 1630. The van der Waals surface area contributed by atoms with Crippen LogP contribution in [0.4, 0.5) is 0 Å². The first-order valence-electron chi connectivity index (χ1n) is 14.5. The zero-order chi connectivity index (χ0) is 31.3. The average Bonchev–Trinajstić information content (AvgIpc) is 2.88. The van der Waals surface area contributed by atoms with Crippen molar-refractivity contribution >= 4 is 33.3 Å². The van der Waals surface area contributed by atoms with E-state index < -0.39 is 16.0 Å². The van der Waals surface area contributed by atoms with Gasteiger partial charge in [-0.15, -0.1) is 6.58 Å². The fourth-order valence-corrected chi connectivity index (χ4v) is 7.60. The average molecular weight is 624 g/mol. The van der Waals surface area contributed by atoms with Gasteiger partial charge in [0.05, 0.1) is 6.61 Å². The first-order valence-corrected chi connectivity index (χ1v) is 16.3. The molecular weight excluding hydrogens is 586 g/mol. The van der Waals surface area contributed by atoms with Crippen LogP contribution in [0.2, 0.25) is 5.02 Å². The van der Waals surface area contributed by atoms with Crippen LogP contribution < -0.4 is 14.2 Å². The molecule has 0 atom stereocenters. The lowest BCUT2D eigenvalue weighted by Gasteiger charge is -2.44. The van der Waals surface area contributed by atoms with Gasteiger partial charge in [-0.3, -0.25) is 9.59 Å². The van der Waals surface area contributed by atoms with Crippen LogP contribution in [0.1, 0.15) is 77.3 Å². The number of hydrogen-bond acceptors (Lipinski definition) is 7. The van der Waals surface area contributed by atoms with E-state index in [2.05, 4.69) is 39.6 Å². The van der Waals surface area contributed by atoms with Crippen LogP contribution in [-0.2, 0) is 26.1 Å².